The van der Waals surface area contributed by atoms with Gasteiger partial charge in [-0.1, -0.05) is 18.2 Å². The van der Waals surface area contributed by atoms with Gasteiger partial charge in [0.05, 0.1) is 28.7 Å². The topological polar surface area (TPSA) is 81.8 Å². The number of aromatic nitrogens is 1. The fraction of sp³-hybridized carbons (Fsp3) is 0.448. The molecule has 3 aliphatic rings. The van der Waals surface area contributed by atoms with Gasteiger partial charge in [-0.15, -0.1) is 0 Å². The minimum atomic E-state index is -2.78. The maximum atomic E-state index is 12.7. The number of pyridine rings is 1. The van der Waals surface area contributed by atoms with E-state index in [0.29, 0.717) is 66.1 Å². The van der Waals surface area contributed by atoms with Crippen molar-refractivity contribution in [1.82, 2.24) is 4.98 Å². The number of fused-ring (bicyclic) bond motifs is 2. The molecule has 6 nitrogen and oxygen atoms in total. The van der Waals surface area contributed by atoms with E-state index < -0.39 is 18.2 Å². The van der Waals surface area contributed by atoms with Gasteiger partial charge in [-0.05, 0) is 76.5 Å². The number of aromatic carboxylic acids is 1. The number of halogens is 2. The third-order valence-corrected chi connectivity index (χ3v) is 7.77. The van der Waals surface area contributed by atoms with Crippen molar-refractivity contribution in [3.05, 3.63) is 68.1 Å². The number of furan rings is 1. The molecule has 1 saturated carbocycles. The summed E-state index contributed by atoms with van der Waals surface area (Å²) in [5.41, 5.74) is 4.16. The van der Waals surface area contributed by atoms with Crippen LogP contribution in [0.15, 0.2) is 28.7 Å². The molecule has 1 fully saturated rings. The van der Waals surface area contributed by atoms with Crippen molar-refractivity contribution in [2.75, 3.05) is 6.61 Å². The Morgan fingerprint density at radius 2 is 2.03 bits per heavy atom. The summed E-state index contributed by atoms with van der Waals surface area (Å²) in [5.74, 6) is -0.308. The summed E-state index contributed by atoms with van der Waals surface area (Å²) in [5, 5.41) is 11.1. The second kappa shape index (κ2) is 9.89. The number of carboxylic acid groups (broad SMARTS) is 1. The highest BCUT2D eigenvalue weighted by Gasteiger charge is 2.34. The first-order valence-electron chi connectivity index (χ1n) is 12.7. The van der Waals surface area contributed by atoms with E-state index in [1.165, 1.54) is 0 Å². The fourth-order valence-corrected chi connectivity index (χ4v) is 5.52. The Hall–Kier alpha value is -3.26. The second-order valence-corrected chi connectivity index (χ2v) is 10.4. The van der Waals surface area contributed by atoms with Crippen LogP contribution in [0.3, 0.4) is 0 Å². The number of hydrogen-bond donors (Lipinski definition) is 1. The fourth-order valence-electron chi connectivity index (χ4n) is 5.52. The molecule has 1 N–H and O–H groups in total. The Balaban J connectivity index is 1.52. The summed E-state index contributed by atoms with van der Waals surface area (Å²) in [6.45, 7) is 3.22. The number of rotatable bonds is 6. The van der Waals surface area contributed by atoms with Crippen molar-refractivity contribution in [1.29, 1.82) is 0 Å². The van der Waals surface area contributed by atoms with E-state index in [1.807, 2.05) is 32.1 Å². The highest BCUT2D eigenvalue weighted by molar-refractivity contribution is 5.90. The van der Waals surface area contributed by atoms with Gasteiger partial charge in [-0.2, -0.15) is 8.78 Å². The standard InChI is InChI=1S/C29H31F2NO5/c1-16-8-9-23(35-15-18-10-12-29(3,13-11-18)37-28(30)31)24-20(27(33)34)14-21(32-25(16)24)26-17(2)19-6-4-5-7-22(19)36-26/h4-5,7-8,14,18,28H,6,9-13,15H2,1-3H3,(H,33,34). The van der Waals surface area contributed by atoms with Crippen molar-refractivity contribution >= 4 is 23.4 Å². The van der Waals surface area contributed by atoms with E-state index in [-0.39, 0.29) is 11.5 Å². The largest absolute Gasteiger partial charge is 0.497 e. The molecule has 2 aromatic rings. The van der Waals surface area contributed by atoms with Crippen LogP contribution in [0, 0.1) is 23.6 Å². The van der Waals surface area contributed by atoms with Crippen LogP contribution < -0.4 is 10.6 Å². The van der Waals surface area contributed by atoms with Gasteiger partial charge in [0.15, 0.2) is 5.42 Å². The lowest BCUT2D eigenvalue weighted by molar-refractivity contribution is -0.214. The summed E-state index contributed by atoms with van der Waals surface area (Å²) in [6, 6.07) is 1.57. The van der Waals surface area contributed by atoms with Crippen LogP contribution in [0.4, 0.5) is 8.78 Å². The van der Waals surface area contributed by atoms with Gasteiger partial charge in [0.25, 0.3) is 0 Å². The molecule has 0 radical (unpaired) electrons. The molecule has 0 amide bonds. The monoisotopic (exact) mass is 511 g/mol. The third kappa shape index (κ3) is 4.99. The highest BCUT2D eigenvalue weighted by atomic mass is 19.3. The number of alkyl halides is 2. The summed E-state index contributed by atoms with van der Waals surface area (Å²) in [6.07, 6.45) is 11.6. The maximum absolute atomic E-state index is 12.7. The molecule has 0 unspecified atom stereocenters. The molecule has 196 valence electrons. The molecule has 0 spiro atoms. The quantitative estimate of drug-likeness (QED) is 0.589. The van der Waals surface area contributed by atoms with Crippen LogP contribution in [0.5, 0.6) is 0 Å². The van der Waals surface area contributed by atoms with Gasteiger partial charge in [0, 0.05) is 17.5 Å². The molecular formula is C29H31F2NO5. The first-order valence-corrected chi connectivity index (χ1v) is 12.7. The van der Waals surface area contributed by atoms with Gasteiger partial charge in [-0.3, -0.25) is 0 Å². The summed E-state index contributed by atoms with van der Waals surface area (Å²) in [4.78, 5) is 17.3. The van der Waals surface area contributed by atoms with Gasteiger partial charge < -0.3 is 19.0 Å². The number of ether oxygens (including phenoxy) is 2. The summed E-state index contributed by atoms with van der Waals surface area (Å²) in [7, 11) is 0. The molecule has 2 aromatic heterocycles. The van der Waals surface area contributed by atoms with Crippen molar-refractivity contribution < 1.29 is 32.6 Å². The van der Waals surface area contributed by atoms with E-state index >= 15 is 0 Å². The van der Waals surface area contributed by atoms with E-state index in [2.05, 4.69) is 6.08 Å². The number of nitrogens with zero attached hydrogens (tertiary/aromatic N) is 1. The molecule has 0 atom stereocenters. The van der Waals surface area contributed by atoms with Crippen LogP contribution in [0.1, 0.15) is 73.1 Å². The average molecular weight is 512 g/mol. The van der Waals surface area contributed by atoms with Crippen molar-refractivity contribution in [3.63, 3.8) is 0 Å². The van der Waals surface area contributed by atoms with E-state index in [0.717, 1.165) is 28.5 Å². The lowest BCUT2D eigenvalue weighted by Crippen LogP contribution is -2.36. The van der Waals surface area contributed by atoms with E-state index in [4.69, 9.17) is 18.9 Å². The summed E-state index contributed by atoms with van der Waals surface area (Å²) < 4.78 is 42.6. The zero-order chi connectivity index (χ0) is 26.3. The summed E-state index contributed by atoms with van der Waals surface area (Å²) >= 11 is 0. The van der Waals surface area contributed by atoms with Crippen molar-refractivity contribution in [2.45, 2.75) is 71.5 Å². The molecule has 5 rings (SSSR count). The lowest BCUT2D eigenvalue weighted by Gasteiger charge is -2.36. The number of allylic oxidation sites excluding steroid dienone is 3. The van der Waals surface area contributed by atoms with Crippen LogP contribution >= 0.6 is 0 Å². The van der Waals surface area contributed by atoms with E-state index in [1.54, 1.807) is 13.0 Å². The molecule has 0 saturated heterocycles. The van der Waals surface area contributed by atoms with Crippen LogP contribution in [-0.4, -0.2) is 34.9 Å². The Morgan fingerprint density at radius 3 is 2.70 bits per heavy atom. The average Bonchev–Trinajstić information content (AvgIpc) is 3.20. The SMILES string of the molecule is CC1=CCC(OCC2CCC(C)(OC(F)F)CC2)=c2c(C(=O)O)cc(=c3oc4c(c3C)CC=CC=4)nc21. The molecule has 37 heavy (non-hydrogen) atoms. The normalized spacial score (nSPS) is 23.8. The highest BCUT2D eigenvalue weighted by Crippen LogP contribution is 2.36. The van der Waals surface area contributed by atoms with Crippen LogP contribution in [-0.2, 0) is 15.9 Å². The first-order chi connectivity index (χ1) is 17.6. The zero-order valence-electron chi connectivity index (χ0n) is 21.3. The van der Waals surface area contributed by atoms with Gasteiger partial charge in [0.2, 0.25) is 0 Å². The minimum Gasteiger partial charge on any atom is -0.497 e. The van der Waals surface area contributed by atoms with Gasteiger partial charge >= 0.3 is 12.6 Å². The minimum absolute atomic E-state index is 0.125. The molecule has 2 heterocycles. The van der Waals surface area contributed by atoms with Gasteiger partial charge in [0.1, 0.15) is 16.5 Å². The Kier molecular flexibility index (Phi) is 6.79. The van der Waals surface area contributed by atoms with Crippen LogP contribution in [0.25, 0.3) is 17.4 Å². The predicted molar refractivity (Wildman–Crippen MR) is 134 cm³/mol. The molecule has 0 aromatic carbocycles. The number of carbonyl (C=O) groups is 1. The zero-order valence-corrected chi connectivity index (χ0v) is 21.3. The van der Waals surface area contributed by atoms with E-state index in [9.17, 15) is 18.7 Å². The lowest BCUT2D eigenvalue weighted by atomic mass is 9.80. The molecular weight excluding hydrogens is 480 g/mol. The second-order valence-electron chi connectivity index (χ2n) is 10.4. The smallest absolute Gasteiger partial charge is 0.345 e. The predicted octanol–water partition coefficient (Wildman–Crippen LogP) is 4.98. The Labute approximate surface area is 213 Å². The number of hydrogen-bond acceptors (Lipinski definition) is 5. The molecule has 0 aliphatic heterocycles. The van der Waals surface area contributed by atoms with Gasteiger partial charge in [-0.25, -0.2) is 9.78 Å². The first kappa shape index (κ1) is 25.4. The maximum Gasteiger partial charge on any atom is 0.345 e. The van der Waals surface area contributed by atoms with Crippen LogP contribution in [0.2, 0.25) is 0 Å². The van der Waals surface area contributed by atoms with Crippen molar-refractivity contribution in [2.24, 2.45) is 5.92 Å². The number of carboxylic acids is 1. The Bertz CT molecular complexity index is 1490. The molecule has 8 heteroatoms. The third-order valence-electron chi connectivity index (χ3n) is 7.77. The van der Waals surface area contributed by atoms with Crippen molar-refractivity contribution in [3.8, 4) is 0 Å². The molecule has 3 aliphatic carbocycles. The molecule has 0 bridgehead atoms. The Morgan fingerprint density at radius 1 is 1.27 bits per heavy atom.